The molecule has 7 nitrogen and oxygen atoms in total. The van der Waals surface area contributed by atoms with Gasteiger partial charge in [0.2, 0.25) is 0 Å². The van der Waals surface area contributed by atoms with Gasteiger partial charge in [0.05, 0.1) is 0 Å². The number of carboxylic acid groups (broad SMARTS) is 1. The summed E-state index contributed by atoms with van der Waals surface area (Å²) in [4.78, 5) is 27.3. The van der Waals surface area contributed by atoms with Crippen LogP contribution in [0.2, 0.25) is 0 Å². The molecular weight excluding hydrogens is 190 g/mol. The zero-order chi connectivity index (χ0) is 10.4. The molecule has 0 saturated carbocycles. The van der Waals surface area contributed by atoms with Crippen molar-refractivity contribution in [1.82, 2.24) is 15.7 Å². The van der Waals surface area contributed by atoms with Crippen molar-refractivity contribution in [1.29, 1.82) is 0 Å². The Morgan fingerprint density at radius 2 is 2.07 bits per heavy atom. The lowest BCUT2D eigenvalue weighted by molar-refractivity contribution is -0.144. The van der Waals surface area contributed by atoms with E-state index >= 15 is 0 Å². The maximum atomic E-state index is 11.2. The normalized spacial score (nSPS) is 16.4. The number of hydrogen-bond acceptors (Lipinski definition) is 4. The number of rotatable bonds is 3. The van der Waals surface area contributed by atoms with Crippen molar-refractivity contribution < 1.29 is 19.5 Å². The van der Waals surface area contributed by atoms with E-state index in [1.165, 1.54) is 0 Å². The SMILES string of the molecule is O=C(O)CONC(=O)N1CCNCC1. The summed E-state index contributed by atoms with van der Waals surface area (Å²) in [5, 5.41) is 11.3. The number of carbonyl (C=O) groups excluding carboxylic acids is 1. The van der Waals surface area contributed by atoms with E-state index in [2.05, 4.69) is 15.6 Å². The molecule has 1 aliphatic rings. The van der Waals surface area contributed by atoms with E-state index < -0.39 is 18.6 Å². The van der Waals surface area contributed by atoms with Crippen LogP contribution in [0.25, 0.3) is 0 Å². The second kappa shape index (κ2) is 5.40. The smallest absolute Gasteiger partial charge is 0.341 e. The lowest BCUT2D eigenvalue weighted by atomic mass is 10.4. The Kier molecular flexibility index (Phi) is 4.14. The Bertz CT molecular complexity index is 215. The van der Waals surface area contributed by atoms with Crippen LogP contribution in [0.3, 0.4) is 0 Å². The van der Waals surface area contributed by atoms with Crippen LogP contribution in [0.4, 0.5) is 4.79 Å². The van der Waals surface area contributed by atoms with Gasteiger partial charge in [0.15, 0.2) is 6.61 Å². The molecule has 14 heavy (non-hydrogen) atoms. The fourth-order valence-corrected chi connectivity index (χ4v) is 1.09. The van der Waals surface area contributed by atoms with Crippen molar-refractivity contribution in [2.45, 2.75) is 0 Å². The average Bonchev–Trinajstić information content (AvgIpc) is 2.18. The van der Waals surface area contributed by atoms with E-state index in [9.17, 15) is 9.59 Å². The molecule has 80 valence electrons. The van der Waals surface area contributed by atoms with Crippen LogP contribution in [-0.4, -0.2) is 54.8 Å². The molecule has 0 aromatic rings. The number of aliphatic carboxylic acids is 1. The van der Waals surface area contributed by atoms with Gasteiger partial charge < -0.3 is 15.3 Å². The Balaban J connectivity index is 2.16. The molecule has 1 saturated heterocycles. The molecule has 0 unspecified atom stereocenters. The molecule has 0 aromatic carbocycles. The summed E-state index contributed by atoms with van der Waals surface area (Å²) >= 11 is 0. The third-order valence-corrected chi connectivity index (χ3v) is 1.76. The lowest BCUT2D eigenvalue weighted by Crippen LogP contribution is -2.50. The van der Waals surface area contributed by atoms with Gasteiger partial charge in [-0.25, -0.2) is 15.1 Å². The average molecular weight is 203 g/mol. The summed E-state index contributed by atoms with van der Waals surface area (Å²) in [5.74, 6) is -1.12. The van der Waals surface area contributed by atoms with Crippen LogP contribution in [0.15, 0.2) is 0 Å². The van der Waals surface area contributed by atoms with E-state index in [1.807, 2.05) is 0 Å². The molecule has 0 aromatic heterocycles. The third-order valence-electron chi connectivity index (χ3n) is 1.76. The van der Waals surface area contributed by atoms with E-state index in [0.717, 1.165) is 13.1 Å². The van der Waals surface area contributed by atoms with E-state index in [0.29, 0.717) is 13.1 Å². The molecule has 1 aliphatic heterocycles. The predicted octanol–water partition coefficient (Wildman–Crippen LogP) is -1.38. The van der Waals surface area contributed by atoms with Crippen molar-refractivity contribution in [2.75, 3.05) is 32.8 Å². The summed E-state index contributed by atoms with van der Waals surface area (Å²) < 4.78 is 0. The molecule has 3 N–H and O–H groups in total. The van der Waals surface area contributed by atoms with Gasteiger partial charge in [-0.15, -0.1) is 0 Å². The molecular formula is C7H13N3O4. The highest BCUT2D eigenvalue weighted by atomic mass is 16.7. The molecule has 0 radical (unpaired) electrons. The molecule has 0 spiro atoms. The molecule has 1 fully saturated rings. The number of nitrogens with zero attached hydrogens (tertiary/aromatic N) is 1. The first-order valence-corrected chi connectivity index (χ1v) is 4.29. The number of piperazine rings is 1. The zero-order valence-corrected chi connectivity index (χ0v) is 7.65. The van der Waals surface area contributed by atoms with Gasteiger partial charge in [-0.2, -0.15) is 0 Å². The largest absolute Gasteiger partial charge is 0.479 e. The monoisotopic (exact) mass is 203 g/mol. The minimum atomic E-state index is -1.12. The molecule has 0 aliphatic carbocycles. The number of hydroxylamine groups is 1. The zero-order valence-electron chi connectivity index (χ0n) is 7.65. The van der Waals surface area contributed by atoms with Crippen LogP contribution in [0.1, 0.15) is 0 Å². The van der Waals surface area contributed by atoms with Gasteiger partial charge in [-0.05, 0) is 0 Å². The maximum absolute atomic E-state index is 11.2. The molecule has 0 atom stereocenters. The Hall–Kier alpha value is -1.34. The standard InChI is InChI=1S/C7H13N3O4/c11-6(12)5-14-9-7(13)10-3-1-8-2-4-10/h8H,1-5H2,(H,9,13)(H,11,12). The van der Waals surface area contributed by atoms with Gasteiger partial charge >= 0.3 is 12.0 Å². The number of carboxylic acids is 1. The molecule has 2 amide bonds. The second-order valence-corrected chi connectivity index (χ2v) is 2.83. The van der Waals surface area contributed by atoms with E-state index in [1.54, 1.807) is 4.90 Å². The summed E-state index contributed by atoms with van der Waals surface area (Å²) in [6.45, 7) is 2.15. The number of hydrogen-bond donors (Lipinski definition) is 3. The number of amides is 2. The fourth-order valence-electron chi connectivity index (χ4n) is 1.09. The first kappa shape index (κ1) is 10.7. The predicted molar refractivity (Wildman–Crippen MR) is 46.6 cm³/mol. The van der Waals surface area contributed by atoms with Gasteiger partial charge in [-0.1, -0.05) is 0 Å². The van der Waals surface area contributed by atoms with Crippen LogP contribution in [-0.2, 0) is 9.63 Å². The van der Waals surface area contributed by atoms with Gasteiger partial charge in [0.1, 0.15) is 0 Å². The molecule has 1 heterocycles. The first-order chi connectivity index (χ1) is 6.70. The highest BCUT2D eigenvalue weighted by Crippen LogP contribution is 1.92. The van der Waals surface area contributed by atoms with Crippen molar-refractivity contribution in [2.24, 2.45) is 0 Å². The first-order valence-electron chi connectivity index (χ1n) is 4.29. The van der Waals surface area contributed by atoms with Crippen molar-refractivity contribution in [3.8, 4) is 0 Å². The van der Waals surface area contributed by atoms with Crippen LogP contribution in [0.5, 0.6) is 0 Å². The second-order valence-electron chi connectivity index (χ2n) is 2.83. The van der Waals surface area contributed by atoms with E-state index in [-0.39, 0.29) is 0 Å². The van der Waals surface area contributed by atoms with Crippen molar-refractivity contribution in [3.05, 3.63) is 0 Å². The van der Waals surface area contributed by atoms with Gasteiger partial charge in [0, 0.05) is 26.2 Å². The van der Waals surface area contributed by atoms with Crippen LogP contribution in [0, 0.1) is 0 Å². The summed E-state index contributed by atoms with van der Waals surface area (Å²) in [6.07, 6.45) is 0. The number of urea groups is 1. The quantitative estimate of drug-likeness (QED) is 0.492. The topological polar surface area (TPSA) is 90.9 Å². The number of nitrogens with one attached hydrogen (secondary N) is 2. The minimum Gasteiger partial charge on any atom is -0.479 e. The fraction of sp³-hybridized carbons (Fsp3) is 0.714. The van der Waals surface area contributed by atoms with E-state index in [4.69, 9.17) is 5.11 Å². The Labute approximate surface area is 81.0 Å². The summed E-state index contributed by atoms with van der Waals surface area (Å²) in [5.41, 5.74) is 2.06. The number of carbonyl (C=O) groups is 2. The Morgan fingerprint density at radius 3 is 2.64 bits per heavy atom. The van der Waals surface area contributed by atoms with Crippen LogP contribution >= 0.6 is 0 Å². The molecule has 7 heteroatoms. The van der Waals surface area contributed by atoms with Crippen molar-refractivity contribution >= 4 is 12.0 Å². The van der Waals surface area contributed by atoms with Gasteiger partial charge in [0.25, 0.3) is 0 Å². The third kappa shape index (κ3) is 3.58. The van der Waals surface area contributed by atoms with Crippen LogP contribution < -0.4 is 10.8 Å². The molecule has 0 bridgehead atoms. The minimum absolute atomic E-state index is 0.396. The molecule has 1 rings (SSSR count). The maximum Gasteiger partial charge on any atom is 0.341 e. The summed E-state index contributed by atoms with van der Waals surface area (Å²) in [6, 6.07) is -0.396. The Morgan fingerprint density at radius 1 is 1.43 bits per heavy atom. The highest BCUT2D eigenvalue weighted by Gasteiger charge is 2.15. The highest BCUT2D eigenvalue weighted by molar-refractivity contribution is 5.73. The summed E-state index contributed by atoms with van der Waals surface area (Å²) in [7, 11) is 0. The van der Waals surface area contributed by atoms with Crippen molar-refractivity contribution in [3.63, 3.8) is 0 Å². The lowest BCUT2D eigenvalue weighted by Gasteiger charge is -2.26. The van der Waals surface area contributed by atoms with Gasteiger partial charge in [-0.3, -0.25) is 4.84 Å².